The quantitative estimate of drug-likeness (QED) is 0.500. The van der Waals surface area contributed by atoms with Gasteiger partial charge in [0.25, 0.3) is 5.56 Å². The molecule has 6 nitrogen and oxygen atoms in total. The number of aryl methyl sites for hydroxylation is 1. The van der Waals surface area contributed by atoms with Crippen molar-refractivity contribution in [1.82, 2.24) is 9.88 Å². The molecule has 0 spiro atoms. The number of hydrogen-bond acceptors (Lipinski definition) is 3. The fraction of sp³-hybridized carbons (Fsp3) is 0.130. The summed E-state index contributed by atoms with van der Waals surface area (Å²) < 4.78 is 18.5. The molecule has 2 aromatic heterocycles. The SMILES string of the molecule is Cc1ccc2cc(CN(Cc3ccco3)C(=O)Nc3ccc(F)cc3)c(=O)[nH]c2c1. The lowest BCUT2D eigenvalue weighted by molar-refractivity contribution is 0.201. The van der Waals surface area contributed by atoms with Crippen LogP contribution in [0.25, 0.3) is 10.9 Å². The standard InChI is InChI=1S/C23H20FN3O3/c1-15-4-5-16-12-17(22(28)26-21(16)11-15)13-27(14-20-3-2-10-30-20)23(29)25-19-8-6-18(24)7-9-19/h2-12H,13-14H2,1H3,(H,25,29)(H,26,28). The first-order valence-electron chi connectivity index (χ1n) is 9.44. The topological polar surface area (TPSA) is 78.3 Å². The van der Waals surface area contributed by atoms with E-state index in [2.05, 4.69) is 10.3 Å². The number of pyridine rings is 1. The van der Waals surface area contributed by atoms with E-state index in [1.165, 1.54) is 35.4 Å². The van der Waals surface area contributed by atoms with E-state index in [4.69, 9.17) is 4.42 Å². The average molecular weight is 405 g/mol. The lowest BCUT2D eigenvalue weighted by atomic mass is 10.1. The molecule has 0 aliphatic rings. The molecule has 0 unspecified atom stereocenters. The van der Waals surface area contributed by atoms with Gasteiger partial charge in [0.2, 0.25) is 0 Å². The normalized spacial score (nSPS) is 10.9. The van der Waals surface area contributed by atoms with E-state index in [1.807, 2.05) is 25.1 Å². The molecule has 0 atom stereocenters. The third-order valence-corrected chi connectivity index (χ3v) is 4.75. The van der Waals surface area contributed by atoms with Crippen LogP contribution >= 0.6 is 0 Å². The van der Waals surface area contributed by atoms with Gasteiger partial charge in [0.15, 0.2) is 0 Å². The minimum atomic E-state index is -0.429. The number of carbonyl (C=O) groups excluding carboxylic acids is 1. The highest BCUT2D eigenvalue weighted by Gasteiger charge is 2.18. The van der Waals surface area contributed by atoms with Crippen molar-refractivity contribution in [2.24, 2.45) is 0 Å². The van der Waals surface area contributed by atoms with Gasteiger partial charge in [-0.2, -0.15) is 0 Å². The highest BCUT2D eigenvalue weighted by Crippen LogP contribution is 2.17. The number of nitrogens with zero attached hydrogens (tertiary/aromatic N) is 1. The number of fused-ring (bicyclic) bond motifs is 1. The summed E-state index contributed by atoms with van der Waals surface area (Å²) in [6.07, 6.45) is 1.52. The molecule has 0 radical (unpaired) electrons. The Kier molecular flexibility index (Phi) is 5.34. The lowest BCUT2D eigenvalue weighted by Gasteiger charge is -2.22. The van der Waals surface area contributed by atoms with Crippen molar-refractivity contribution < 1.29 is 13.6 Å². The fourth-order valence-electron chi connectivity index (χ4n) is 3.21. The Morgan fingerprint density at radius 2 is 1.90 bits per heavy atom. The van der Waals surface area contributed by atoms with Crippen LogP contribution in [-0.2, 0) is 13.1 Å². The predicted octanol–water partition coefficient (Wildman–Crippen LogP) is 4.80. The Balaban J connectivity index is 1.62. The van der Waals surface area contributed by atoms with Gasteiger partial charge in [-0.25, -0.2) is 9.18 Å². The second-order valence-electron chi connectivity index (χ2n) is 7.09. The van der Waals surface area contributed by atoms with Gasteiger partial charge in [0, 0.05) is 16.8 Å². The number of rotatable bonds is 5. The maximum atomic E-state index is 13.1. The number of benzene rings is 2. The fourth-order valence-corrected chi connectivity index (χ4v) is 3.21. The molecule has 2 aromatic carbocycles. The van der Waals surface area contributed by atoms with E-state index in [0.29, 0.717) is 17.0 Å². The first kappa shape index (κ1) is 19.4. The molecule has 30 heavy (non-hydrogen) atoms. The molecular formula is C23H20FN3O3. The van der Waals surface area contributed by atoms with Gasteiger partial charge < -0.3 is 19.6 Å². The smallest absolute Gasteiger partial charge is 0.322 e. The third kappa shape index (κ3) is 4.41. The summed E-state index contributed by atoms with van der Waals surface area (Å²) in [5.41, 5.74) is 2.44. The van der Waals surface area contributed by atoms with Crippen molar-refractivity contribution in [3.05, 3.63) is 100.0 Å². The predicted molar refractivity (Wildman–Crippen MR) is 113 cm³/mol. The Labute approximate surface area is 171 Å². The van der Waals surface area contributed by atoms with Crippen molar-refractivity contribution >= 4 is 22.6 Å². The van der Waals surface area contributed by atoms with Crippen molar-refractivity contribution in [2.45, 2.75) is 20.0 Å². The second kappa shape index (κ2) is 8.24. The van der Waals surface area contributed by atoms with Gasteiger partial charge in [-0.3, -0.25) is 4.79 Å². The molecule has 0 aliphatic carbocycles. The molecule has 0 bridgehead atoms. The summed E-state index contributed by atoms with van der Waals surface area (Å²) in [6, 6.07) is 16.1. The molecule has 0 saturated heterocycles. The largest absolute Gasteiger partial charge is 0.467 e. The Morgan fingerprint density at radius 1 is 1.10 bits per heavy atom. The van der Waals surface area contributed by atoms with Gasteiger partial charge >= 0.3 is 6.03 Å². The van der Waals surface area contributed by atoms with Crippen LogP contribution in [0, 0.1) is 12.7 Å². The molecule has 152 valence electrons. The van der Waals surface area contributed by atoms with Crippen molar-refractivity contribution in [2.75, 3.05) is 5.32 Å². The first-order valence-corrected chi connectivity index (χ1v) is 9.44. The van der Waals surface area contributed by atoms with Gasteiger partial charge in [0.05, 0.1) is 19.4 Å². The zero-order valence-electron chi connectivity index (χ0n) is 16.3. The number of halogens is 1. The zero-order valence-corrected chi connectivity index (χ0v) is 16.3. The van der Waals surface area contributed by atoms with Crippen molar-refractivity contribution in [3.8, 4) is 0 Å². The number of hydrogen-bond donors (Lipinski definition) is 2. The minimum Gasteiger partial charge on any atom is -0.467 e. The molecule has 2 heterocycles. The molecule has 2 N–H and O–H groups in total. The highest BCUT2D eigenvalue weighted by atomic mass is 19.1. The van der Waals surface area contributed by atoms with Crippen LogP contribution in [-0.4, -0.2) is 15.9 Å². The van der Waals surface area contributed by atoms with Gasteiger partial charge in [-0.1, -0.05) is 12.1 Å². The number of anilines is 1. The van der Waals surface area contributed by atoms with E-state index >= 15 is 0 Å². The summed E-state index contributed by atoms with van der Waals surface area (Å²) in [7, 11) is 0. The number of aromatic amines is 1. The van der Waals surface area contributed by atoms with Crippen LogP contribution in [0.2, 0.25) is 0 Å². The number of nitrogens with one attached hydrogen (secondary N) is 2. The average Bonchev–Trinajstić information content (AvgIpc) is 3.23. The Morgan fingerprint density at radius 3 is 2.63 bits per heavy atom. The van der Waals surface area contributed by atoms with Crippen LogP contribution in [0.15, 0.2) is 76.1 Å². The summed E-state index contributed by atoms with van der Waals surface area (Å²) in [5, 5.41) is 3.61. The van der Waals surface area contributed by atoms with E-state index in [0.717, 1.165) is 16.5 Å². The summed E-state index contributed by atoms with van der Waals surface area (Å²) in [4.78, 5) is 29.9. The van der Waals surface area contributed by atoms with E-state index < -0.39 is 11.8 Å². The molecule has 4 aromatic rings. The van der Waals surface area contributed by atoms with E-state index in [9.17, 15) is 14.0 Å². The molecule has 2 amide bonds. The molecule has 7 heteroatoms. The van der Waals surface area contributed by atoms with Crippen molar-refractivity contribution in [1.29, 1.82) is 0 Å². The van der Waals surface area contributed by atoms with Crippen LogP contribution in [0.1, 0.15) is 16.9 Å². The number of H-pyrrole nitrogens is 1. The Hall–Kier alpha value is -3.87. The summed E-state index contributed by atoms with van der Waals surface area (Å²) in [5.74, 6) is 0.190. The zero-order chi connectivity index (χ0) is 21.1. The summed E-state index contributed by atoms with van der Waals surface area (Å²) >= 11 is 0. The van der Waals surface area contributed by atoms with Crippen molar-refractivity contribution in [3.63, 3.8) is 0 Å². The van der Waals surface area contributed by atoms with Crippen LogP contribution in [0.3, 0.4) is 0 Å². The summed E-state index contributed by atoms with van der Waals surface area (Å²) in [6.45, 7) is 2.20. The van der Waals surface area contributed by atoms with E-state index in [1.54, 1.807) is 18.2 Å². The third-order valence-electron chi connectivity index (χ3n) is 4.75. The minimum absolute atomic E-state index is 0.0763. The molecule has 0 fully saturated rings. The maximum Gasteiger partial charge on any atom is 0.322 e. The monoisotopic (exact) mass is 405 g/mol. The number of furan rings is 1. The molecule has 0 saturated carbocycles. The highest BCUT2D eigenvalue weighted by molar-refractivity contribution is 5.89. The second-order valence-corrected chi connectivity index (χ2v) is 7.09. The van der Waals surface area contributed by atoms with Gasteiger partial charge in [0.1, 0.15) is 11.6 Å². The van der Waals surface area contributed by atoms with E-state index in [-0.39, 0.29) is 18.6 Å². The van der Waals surface area contributed by atoms with Gasteiger partial charge in [-0.05, 0) is 66.4 Å². The number of urea groups is 1. The molecule has 4 rings (SSSR count). The van der Waals surface area contributed by atoms with Gasteiger partial charge in [-0.15, -0.1) is 0 Å². The first-order chi connectivity index (χ1) is 14.5. The van der Waals surface area contributed by atoms with Crippen LogP contribution in [0.4, 0.5) is 14.9 Å². The number of amides is 2. The maximum absolute atomic E-state index is 13.1. The number of aromatic nitrogens is 1. The molecular weight excluding hydrogens is 385 g/mol. The Bertz CT molecular complexity index is 1230. The van der Waals surface area contributed by atoms with Crippen LogP contribution in [0.5, 0.6) is 0 Å². The lowest BCUT2D eigenvalue weighted by Crippen LogP contribution is -2.35. The number of carbonyl (C=O) groups is 1. The van der Waals surface area contributed by atoms with Crippen LogP contribution < -0.4 is 10.9 Å². The molecule has 0 aliphatic heterocycles.